The van der Waals surface area contributed by atoms with Crippen LogP contribution in [0.1, 0.15) is 5.56 Å². The first kappa shape index (κ1) is 10.5. The fourth-order valence-electron chi connectivity index (χ4n) is 0.711. The SMILES string of the molecule is S=C(S)NN=Cc1ccc(Cl)cc1. The zero-order valence-corrected chi connectivity index (χ0v) is 9.03. The molecule has 68 valence electrons. The molecule has 1 rings (SSSR count). The maximum Gasteiger partial charge on any atom is 0.150 e. The number of thiocarbonyl (C=S) groups is 1. The predicted molar refractivity (Wildman–Crippen MR) is 63.8 cm³/mol. The minimum absolute atomic E-state index is 0.338. The minimum atomic E-state index is 0.338. The van der Waals surface area contributed by atoms with Gasteiger partial charge in [0.25, 0.3) is 0 Å². The van der Waals surface area contributed by atoms with Crippen molar-refractivity contribution in [2.24, 2.45) is 5.10 Å². The average Bonchev–Trinajstić information content (AvgIpc) is 2.08. The molecule has 0 saturated heterocycles. The molecule has 0 radical (unpaired) electrons. The maximum absolute atomic E-state index is 5.70. The number of benzene rings is 1. The van der Waals surface area contributed by atoms with Gasteiger partial charge in [0.2, 0.25) is 0 Å². The van der Waals surface area contributed by atoms with Gasteiger partial charge in [0.15, 0.2) is 4.32 Å². The highest BCUT2D eigenvalue weighted by atomic mass is 35.5. The molecular formula is C8H7ClN2S2. The van der Waals surface area contributed by atoms with E-state index in [-0.39, 0.29) is 0 Å². The number of hydrogen-bond donors (Lipinski definition) is 2. The number of nitrogens with one attached hydrogen (secondary N) is 1. The quantitative estimate of drug-likeness (QED) is 0.353. The van der Waals surface area contributed by atoms with Crippen LogP contribution in [0.15, 0.2) is 29.4 Å². The van der Waals surface area contributed by atoms with E-state index in [4.69, 9.17) is 11.6 Å². The molecule has 0 aliphatic rings. The standard InChI is InChI=1S/C8H7ClN2S2/c9-7-3-1-6(2-4-7)5-10-11-8(12)13/h1-5H,(H2,11,12,13). The molecule has 0 bridgehead atoms. The minimum Gasteiger partial charge on any atom is -0.263 e. The van der Waals surface area contributed by atoms with Crippen molar-refractivity contribution in [3.8, 4) is 0 Å². The van der Waals surface area contributed by atoms with Crippen LogP contribution < -0.4 is 5.43 Å². The van der Waals surface area contributed by atoms with E-state index in [0.29, 0.717) is 9.34 Å². The van der Waals surface area contributed by atoms with Crippen LogP contribution in [-0.2, 0) is 0 Å². The van der Waals surface area contributed by atoms with Gasteiger partial charge in [-0.25, -0.2) is 0 Å². The third kappa shape index (κ3) is 4.26. The molecule has 0 fully saturated rings. The van der Waals surface area contributed by atoms with Crippen LogP contribution in [0.25, 0.3) is 0 Å². The Labute approximate surface area is 92.4 Å². The van der Waals surface area contributed by atoms with Gasteiger partial charge in [-0.3, -0.25) is 5.43 Å². The lowest BCUT2D eigenvalue weighted by molar-refractivity contribution is 1.07. The second-order valence-electron chi connectivity index (χ2n) is 2.23. The highest BCUT2D eigenvalue weighted by Crippen LogP contribution is 2.07. The van der Waals surface area contributed by atoms with Gasteiger partial charge in [0.1, 0.15) is 0 Å². The molecule has 0 amide bonds. The zero-order valence-electron chi connectivity index (χ0n) is 6.57. The Morgan fingerprint density at radius 3 is 2.62 bits per heavy atom. The summed E-state index contributed by atoms with van der Waals surface area (Å²) in [5.41, 5.74) is 3.49. The zero-order chi connectivity index (χ0) is 9.68. The molecule has 1 aromatic rings. The summed E-state index contributed by atoms with van der Waals surface area (Å²) in [7, 11) is 0. The monoisotopic (exact) mass is 230 g/mol. The van der Waals surface area contributed by atoms with Gasteiger partial charge in [0.05, 0.1) is 6.21 Å². The lowest BCUT2D eigenvalue weighted by Crippen LogP contribution is -2.07. The molecule has 0 saturated carbocycles. The Hall–Kier alpha value is -0.580. The Bertz CT molecular complexity index is 321. The fraction of sp³-hybridized carbons (Fsp3) is 0. The Morgan fingerprint density at radius 2 is 2.08 bits per heavy atom. The average molecular weight is 231 g/mol. The summed E-state index contributed by atoms with van der Waals surface area (Å²) in [4.78, 5) is 0. The van der Waals surface area contributed by atoms with Gasteiger partial charge in [-0.2, -0.15) is 5.10 Å². The van der Waals surface area contributed by atoms with Crippen molar-refractivity contribution in [1.29, 1.82) is 0 Å². The van der Waals surface area contributed by atoms with Crippen LogP contribution in [0.4, 0.5) is 0 Å². The molecule has 0 atom stereocenters. The summed E-state index contributed by atoms with van der Waals surface area (Å²) in [5.74, 6) is 0. The van der Waals surface area contributed by atoms with Crippen molar-refractivity contribution in [1.82, 2.24) is 5.43 Å². The van der Waals surface area contributed by atoms with E-state index in [2.05, 4.69) is 35.4 Å². The molecule has 1 N–H and O–H groups in total. The number of rotatable bonds is 2. The molecule has 0 spiro atoms. The van der Waals surface area contributed by atoms with E-state index in [9.17, 15) is 0 Å². The van der Waals surface area contributed by atoms with Gasteiger partial charge in [-0.05, 0) is 17.7 Å². The van der Waals surface area contributed by atoms with Crippen molar-refractivity contribution in [3.63, 3.8) is 0 Å². The first-order valence-corrected chi connectivity index (χ1v) is 4.69. The van der Waals surface area contributed by atoms with E-state index in [1.54, 1.807) is 18.3 Å². The molecule has 0 aromatic heterocycles. The first-order valence-electron chi connectivity index (χ1n) is 3.46. The van der Waals surface area contributed by atoms with E-state index in [1.807, 2.05) is 12.1 Å². The third-order valence-corrected chi connectivity index (χ3v) is 1.69. The van der Waals surface area contributed by atoms with Crippen LogP contribution >= 0.6 is 36.4 Å². The fourth-order valence-corrected chi connectivity index (χ4v) is 0.947. The summed E-state index contributed by atoms with van der Waals surface area (Å²) in [6.45, 7) is 0. The van der Waals surface area contributed by atoms with Crippen LogP contribution in [0.5, 0.6) is 0 Å². The molecule has 2 nitrogen and oxygen atoms in total. The molecule has 5 heteroatoms. The molecule has 0 unspecified atom stereocenters. The van der Waals surface area contributed by atoms with Crippen molar-refractivity contribution >= 4 is 47.0 Å². The molecular weight excluding hydrogens is 224 g/mol. The predicted octanol–water partition coefficient (Wildman–Crippen LogP) is 2.48. The molecule has 0 heterocycles. The number of halogens is 1. The topological polar surface area (TPSA) is 24.4 Å². The summed E-state index contributed by atoms with van der Waals surface area (Å²) in [5, 5.41) is 4.54. The van der Waals surface area contributed by atoms with Crippen molar-refractivity contribution in [2.45, 2.75) is 0 Å². The van der Waals surface area contributed by atoms with Crippen LogP contribution in [0, 0.1) is 0 Å². The molecule has 0 aliphatic heterocycles. The largest absolute Gasteiger partial charge is 0.263 e. The van der Waals surface area contributed by atoms with Crippen molar-refractivity contribution in [2.75, 3.05) is 0 Å². The second-order valence-corrected chi connectivity index (χ2v) is 3.82. The molecule has 13 heavy (non-hydrogen) atoms. The number of hydrogen-bond acceptors (Lipinski definition) is 2. The van der Waals surface area contributed by atoms with Gasteiger partial charge >= 0.3 is 0 Å². The molecule has 0 aliphatic carbocycles. The lowest BCUT2D eigenvalue weighted by atomic mass is 10.2. The Morgan fingerprint density at radius 1 is 1.46 bits per heavy atom. The summed E-state index contributed by atoms with van der Waals surface area (Å²) in [6, 6.07) is 7.30. The second kappa shape index (κ2) is 5.21. The Balaban J connectivity index is 2.59. The van der Waals surface area contributed by atoms with Gasteiger partial charge < -0.3 is 0 Å². The first-order chi connectivity index (χ1) is 6.18. The van der Waals surface area contributed by atoms with Gasteiger partial charge in [-0.1, -0.05) is 36.0 Å². The highest BCUT2D eigenvalue weighted by molar-refractivity contribution is 8.11. The van der Waals surface area contributed by atoms with Crippen molar-refractivity contribution in [3.05, 3.63) is 34.9 Å². The van der Waals surface area contributed by atoms with E-state index < -0.39 is 0 Å². The summed E-state index contributed by atoms with van der Waals surface area (Å²) >= 11 is 14.2. The maximum atomic E-state index is 5.70. The van der Waals surface area contributed by atoms with E-state index in [0.717, 1.165) is 5.56 Å². The van der Waals surface area contributed by atoms with Crippen molar-refractivity contribution < 1.29 is 0 Å². The Kier molecular flexibility index (Phi) is 4.21. The third-order valence-electron chi connectivity index (χ3n) is 1.24. The lowest BCUT2D eigenvalue weighted by Gasteiger charge is -1.94. The van der Waals surface area contributed by atoms with E-state index >= 15 is 0 Å². The van der Waals surface area contributed by atoms with Crippen LogP contribution in [0.2, 0.25) is 5.02 Å². The molecule has 1 aromatic carbocycles. The van der Waals surface area contributed by atoms with Gasteiger partial charge in [-0.15, -0.1) is 12.6 Å². The number of thiol groups is 1. The highest BCUT2D eigenvalue weighted by Gasteiger charge is 1.87. The summed E-state index contributed by atoms with van der Waals surface area (Å²) < 4.78 is 0.338. The van der Waals surface area contributed by atoms with E-state index in [1.165, 1.54) is 0 Å². The van der Waals surface area contributed by atoms with Gasteiger partial charge in [0, 0.05) is 5.02 Å². The van der Waals surface area contributed by atoms with Crippen LogP contribution in [-0.4, -0.2) is 10.5 Å². The number of hydrazone groups is 1. The number of nitrogens with zero attached hydrogens (tertiary/aromatic N) is 1. The normalized spacial score (nSPS) is 10.3. The smallest absolute Gasteiger partial charge is 0.150 e. The summed E-state index contributed by atoms with van der Waals surface area (Å²) in [6.07, 6.45) is 1.64. The van der Waals surface area contributed by atoms with Crippen LogP contribution in [0.3, 0.4) is 0 Å².